The summed E-state index contributed by atoms with van der Waals surface area (Å²) in [5.41, 5.74) is 14.0. The van der Waals surface area contributed by atoms with Crippen molar-refractivity contribution in [3.05, 3.63) is 77.1 Å². The van der Waals surface area contributed by atoms with Gasteiger partial charge in [-0.3, -0.25) is 0 Å². The van der Waals surface area contributed by atoms with Gasteiger partial charge in [-0.1, -0.05) is 48.5 Å². The van der Waals surface area contributed by atoms with Crippen LogP contribution >= 0.6 is 0 Å². The summed E-state index contributed by atoms with van der Waals surface area (Å²) >= 11 is 0. The molecule has 0 amide bonds. The molecule has 1 unspecified atom stereocenters. The molecule has 5 aromatic rings. The van der Waals surface area contributed by atoms with Crippen molar-refractivity contribution in [3.8, 4) is 11.1 Å². The number of hydrogen-bond acceptors (Lipinski definition) is 7. The van der Waals surface area contributed by atoms with E-state index in [1.54, 1.807) is 17.0 Å². The van der Waals surface area contributed by atoms with Crippen LogP contribution in [0.15, 0.2) is 70.1 Å². The van der Waals surface area contributed by atoms with E-state index in [9.17, 15) is 4.79 Å². The van der Waals surface area contributed by atoms with Gasteiger partial charge in [0.2, 0.25) is 5.95 Å². The van der Waals surface area contributed by atoms with E-state index in [0.29, 0.717) is 22.3 Å². The number of nitrogens with zero attached hydrogens (tertiary/aromatic N) is 4. The minimum atomic E-state index is -0.406. The Morgan fingerprint density at radius 2 is 1.67 bits per heavy atom. The summed E-state index contributed by atoms with van der Waals surface area (Å²) in [4.78, 5) is 25.4. The second kappa shape index (κ2) is 6.70. The van der Waals surface area contributed by atoms with Crippen LogP contribution in [0.25, 0.3) is 33.1 Å². The van der Waals surface area contributed by atoms with E-state index < -0.39 is 11.7 Å². The highest BCUT2D eigenvalue weighted by molar-refractivity contribution is 5.96. The Labute approximate surface area is 170 Å². The van der Waals surface area contributed by atoms with Gasteiger partial charge in [0.15, 0.2) is 11.5 Å². The van der Waals surface area contributed by atoms with Gasteiger partial charge in [-0.15, -0.1) is 0 Å². The highest BCUT2D eigenvalue weighted by Crippen LogP contribution is 2.36. The second-order valence-electron chi connectivity index (χ2n) is 7.01. The number of rotatable bonds is 3. The Morgan fingerprint density at radius 1 is 0.967 bits per heavy atom. The van der Waals surface area contributed by atoms with Gasteiger partial charge in [0.05, 0.1) is 17.8 Å². The van der Waals surface area contributed by atoms with Crippen molar-refractivity contribution >= 4 is 33.7 Å². The molecule has 8 nitrogen and oxygen atoms in total. The molecule has 0 spiro atoms. The predicted molar refractivity (Wildman–Crippen MR) is 116 cm³/mol. The maximum Gasteiger partial charge on any atom is 0.343 e. The lowest BCUT2D eigenvalue weighted by molar-refractivity contribution is 0.420. The summed E-state index contributed by atoms with van der Waals surface area (Å²) in [5.74, 6) is 0.754. The van der Waals surface area contributed by atoms with Gasteiger partial charge < -0.3 is 20.5 Å². The zero-order chi connectivity index (χ0) is 20.8. The number of benzene rings is 2. The van der Waals surface area contributed by atoms with Crippen LogP contribution in [0.3, 0.4) is 0 Å². The standard InChI is InChI=1S/C22H18N6O2/c1-12(28-11-25-17-19(23)26-22(24)27-20(17)28)18-16(13-7-3-2-4-8-13)14-9-5-6-10-15(14)21(29)30-18/h2-12H,1H3,(H4,23,24,26,27). The zero-order valence-electron chi connectivity index (χ0n) is 16.1. The third kappa shape index (κ3) is 2.69. The number of anilines is 2. The predicted octanol–water partition coefficient (Wildman–Crippen LogP) is 3.37. The van der Waals surface area contributed by atoms with Crippen molar-refractivity contribution < 1.29 is 4.42 Å². The van der Waals surface area contributed by atoms with E-state index in [1.807, 2.05) is 55.5 Å². The van der Waals surface area contributed by atoms with E-state index in [0.717, 1.165) is 16.5 Å². The molecule has 0 aliphatic heterocycles. The van der Waals surface area contributed by atoms with E-state index in [-0.39, 0.29) is 11.8 Å². The number of hydrogen-bond donors (Lipinski definition) is 2. The van der Waals surface area contributed by atoms with Gasteiger partial charge in [-0.2, -0.15) is 9.97 Å². The molecule has 1 atom stereocenters. The zero-order valence-corrected chi connectivity index (χ0v) is 16.1. The van der Waals surface area contributed by atoms with Crippen molar-refractivity contribution in [2.75, 3.05) is 11.5 Å². The van der Waals surface area contributed by atoms with Gasteiger partial charge in [0.25, 0.3) is 0 Å². The Morgan fingerprint density at radius 3 is 2.43 bits per heavy atom. The summed E-state index contributed by atoms with van der Waals surface area (Å²) in [5, 5.41) is 1.35. The van der Waals surface area contributed by atoms with Crippen LogP contribution in [0.4, 0.5) is 11.8 Å². The van der Waals surface area contributed by atoms with E-state index in [1.165, 1.54) is 0 Å². The van der Waals surface area contributed by atoms with Crippen molar-refractivity contribution in [2.24, 2.45) is 0 Å². The van der Waals surface area contributed by atoms with Gasteiger partial charge in [0.1, 0.15) is 11.3 Å². The lowest BCUT2D eigenvalue weighted by Crippen LogP contribution is -2.13. The molecule has 0 fully saturated rings. The molecule has 0 aliphatic carbocycles. The fraction of sp³-hybridized carbons (Fsp3) is 0.0909. The first kappa shape index (κ1) is 17.9. The average Bonchev–Trinajstić information content (AvgIpc) is 3.18. The fourth-order valence-electron chi connectivity index (χ4n) is 3.78. The van der Waals surface area contributed by atoms with Crippen LogP contribution in [-0.2, 0) is 0 Å². The Balaban J connectivity index is 1.82. The molecular formula is C22H18N6O2. The molecule has 8 heteroatoms. The number of fused-ring (bicyclic) bond motifs is 2. The first-order chi connectivity index (χ1) is 14.5. The highest BCUT2D eigenvalue weighted by Gasteiger charge is 2.23. The molecule has 4 N–H and O–H groups in total. The van der Waals surface area contributed by atoms with Crippen LogP contribution < -0.4 is 17.1 Å². The van der Waals surface area contributed by atoms with Crippen molar-refractivity contribution in [1.82, 2.24) is 19.5 Å². The Kier molecular flexibility index (Phi) is 3.99. The number of imidazole rings is 1. The van der Waals surface area contributed by atoms with Gasteiger partial charge in [0, 0.05) is 10.9 Å². The van der Waals surface area contributed by atoms with E-state index >= 15 is 0 Å². The van der Waals surface area contributed by atoms with Crippen molar-refractivity contribution in [1.29, 1.82) is 0 Å². The molecule has 30 heavy (non-hydrogen) atoms. The maximum atomic E-state index is 12.8. The lowest BCUT2D eigenvalue weighted by atomic mass is 9.96. The molecule has 0 saturated carbocycles. The average molecular weight is 398 g/mol. The lowest BCUT2D eigenvalue weighted by Gasteiger charge is -2.18. The molecular weight excluding hydrogens is 380 g/mol. The number of nitrogen functional groups attached to an aromatic ring is 2. The van der Waals surface area contributed by atoms with Gasteiger partial charge in [-0.25, -0.2) is 9.78 Å². The minimum absolute atomic E-state index is 0.0530. The highest BCUT2D eigenvalue weighted by atomic mass is 16.4. The summed E-state index contributed by atoms with van der Waals surface area (Å²) < 4.78 is 7.64. The van der Waals surface area contributed by atoms with E-state index in [2.05, 4.69) is 15.0 Å². The topological polar surface area (TPSA) is 126 Å². The first-order valence-electron chi connectivity index (χ1n) is 9.41. The molecule has 0 aliphatic rings. The molecule has 0 bridgehead atoms. The van der Waals surface area contributed by atoms with Crippen LogP contribution in [0.1, 0.15) is 18.7 Å². The third-order valence-electron chi connectivity index (χ3n) is 5.19. The summed E-state index contributed by atoms with van der Waals surface area (Å²) in [6.07, 6.45) is 1.60. The molecule has 0 radical (unpaired) electrons. The maximum absolute atomic E-state index is 12.8. The van der Waals surface area contributed by atoms with Gasteiger partial charge >= 0.3 is 5.63 Å². The smallest absolute Gasteiger partial charge is 0.343 e. The SMILES string of the molecule is CC(c1oc(=O)c2ccccc2c1-c1ccccc1)n1cnc2c(N)nc(N)nc21. The molecule has 0 saturated heterocycles. The normalized spacial score (nSPS) is 12.4. The van der Waals surface area contributed by atoms with Crippen LogP contribution in [0, 0.1) is 0 Å². The Hall–Kier alpha value is -4.20. The van der Waals surface area contributed by atoms with Crippen molar-refractivity contribution in [3.63, 3.8) is 0 Å². The van der Waals surface area contributed by atoms with E-state index in [4.69, 9.17) is 15.9 Å². The molecule has 3 heterocycles. The summed E-state index contributed by atoms with van der Waals surface area (Å²) in [7, 11) is 0. The summed E-state index contributed by atoms with van der Waals surface area (Å²) in [6.45, 7) is 1.91. The number of nitrogens with two attached hydrogens (primary N) is 2. The summed E-state index contributed by atoms with van der Waals surface area (Å²) in [6, 6.07) is 16.8. The molecule has 5 rings (SSSR count). The Bertz CT molecular complexity index is 1460. The molecule has 148 valence electrons. The van der Waals surface area contributed by atoms with Crippen LogP contribution in [-0.4, -0.2) is 19.5 Å². The van der Waals surface area contributed by atoms with Gasteiger partial charge in [-0.05, 0) is 18.6 Å². The monoisotopic (exact) mass is 398 g/mol. The molecule has 2 aromatic carbocycles. The third-order valence-corrected chi connectivity index (χ3v) is 5.19. The quantitative estimate of drug-likeness (QED) is 0.477. The minimum Gasteiger partial charge on any atom is -0.425 e. The van der Waals surface area contributed by atoms with Crippen molar-refractivity contribution in [2.45, 2.75) is 13.0 Å². The fourth-order valence-corrected chi connectivity index (χ4v) is 3.78. The van der Waals surface area contributed by atoms with Crippen LogP contribution in [0.5, 0.6) is 0 Å². The van der Waals surface area contributed by atoms with Crippen LogP contribution in [0.2, 0.25) is 0 Å². The second-order valence-corrected chi connectivity index (χ2v) is 7.01. The largest absolute Gasteiger partial charge is 0.425 e. The number of aromatic nitrogens is 4. The molecule has 3 aromatic heterocycles. The first-order valence-corrected chi connectivity index (χ1v) is 9.41.